The minimum Gasteiger partial charge on any atom is -0.309 e. The zero-order valence-electron chi connectivity index (χ0n) is 12.8. The molecule has 2 heterocycles. The Balaban J connectivity index is 1.76. The molecule has 2 rings (SSSR count). The molecule has 1 fully saturated rings. The first-order valence-electron chi connectivity index (χ1n) is 7.45. The van der Waals surface area contributed by atoms with Crippen molar-refractivity contribution < 1.29 is 0 Å². The summed E-state index contributed by atoms with van der Waals surface area (Å²) in [6.07, 6.45) is 6.85. The molecule has 0 saturated carbocycles. The second-order valence-electron chi connectivity index (χ2n) is 6.75. The summed E-state index contributed by atoms with van der Waals surface area (Å²) < 4.78 is 2.04. The van der Waals surface area contributed by atoms with Crippen LogP contribution in [0.5, 0.6) is 0 Å². The molecule has 108 valence electrons. The standard InChI is InChI=1S/C15H28N4/c1-13(11-18-7-5-6-8-18)16-9-14-10-17-19(12-14)15(2,3)4/h10,12-13,16H,5-9,11H2,1-4H3. The first-order valence-corrected chi connectivity index (χ1v) is 7.45. The lowest BCUT2D eigenvalue weighted by Crippen LogP contribution is -2.37. The van der Waals surface area contributed by atoms with Gasteiger partial charge in [0.05, 0.1) is 11.7 Å². The summed E-state index contributed by atoms with van der Waals surface area (Å²) in [5.41, 5.74) is 1.34. The lowest BCUT2D eigenvalue weighted by Gasteiger charge is -2.21. The van der Waals surface area contributed by atoms with Gasteiger partial charge in [-0.05, 0) is 53.6 Å². The molecular formula is C15H28N4. The summed E-state index contributed by atoms with van der Waals surface area (Å²) in [4.78, 5) is 2.55. The molecule has 1 aromatic rings. The SMILES string of the molecule is CC(CN1CCCC1)NCc1cnn(C(C)(C)C)c1. The van der Waals surface area contributed by atoms with Gasteiger partial charge < -0.3 is 10.2 Å². The van der Waals surface area contributed by atoms with Crippen molar-refractivity contribution in [2.24, 2.45) is 0 Å². The molecule has 0 aromatic carbocycles. The molecule has 0 aliphatic carbocycles. The number of aromatic nitrogens is 2. The van der Waals surface area contributed by atoms with E-state index in [1.165, 1.54) is 31.5 Å². The van der Waals surface area contributed by atoms with Crippen molar-refractivity contribution in [1.82, 2.24) is 20.0 Å². The van der Waals surface area contributed by atoms with E-state index in [1.807, 2.05) is 10.9 Å². The summed E-state index contributed by atoms with van der Waals surface area (Å²) in [7, 11) is 0. The van der Waals surface area contributed by atoms with Crippen molar-refractivity contribution in [3.63, 3.8) is 0 Å². The number of nitrogens with zero attached hydrogens (tertiary/aromatic N) is 3. The molecule has 1 aromatic heterocycles. The van der Waals surface area contributed by atoms with Crippen LogP contribution in [0.25, 0.3) is 0 Å². The molecule has 1 unspecified atom stereocenters. The molecular weight excluding hydrogens is 236 g/mol. The molecule has 1 saturated heterocycles. The van der Waals surface area contributed by atoms with Crippen LogP contribution in [0.4, 0.5) is 0 Å². The molecule has 1 N–H and O–H groups in total. The topological polar surface area (TPSA) is 33.1 Å². The van der Waals surface area contributed by atoms with Gasteiger partial charge in [-0.2, -0.15) is 5.10 Å². The molecule has 19 heavy (non-hydrogen) atoms. The van der Waals surface area contributed by atoms with E-state index in [-0.39, 0.29) is 5.54 Å². The fraction of sp³-hybridized carbons (Fsp3) is 0.800. The Hall–Kier alpha value is -0.870. The molecule has 1 atom stereocenters. The van der Waals surface area contributed by atoms with Crippen LogP contribution in [-0.4, -0.2) is 40.4 Å². The molecule has 0 radical (unpaired) electrons. The third-order valence-corrected chi connectivity index (χ3v) is 3.71. The van der Waals surface area contributed by atoms with Crippen molar-refractivity contribution in [3.05, 3.63) is 18.0 Å². The Morgan fingerprint density at radius 3 is 2.58 bits per heavy atom. The second-order valence-corrected chi connectivity index (χ2v) is 6.75. The van der Waals surface area contributed by atoms with Crippen LogP contribution in [0.3, 0.4) is 0 Å². The van der Waals surface area contributed by atoms with E-state index in [0.717, 1.165) is 13.1 Å². The number of nitrogens with one attached hydrogen (secondary N) is 1. The molecule has 1 aliphatic rings. The molecule has 0 spiro atoms. The van der Waals surface area contributed by atoms with Gasteiger partial charge in [-0.15, -0.1) is 0 Å². The highest BCUT2D eigenvalue weighted by atomic mass is 15.3. The minimum atomic E-state index is 0.0689. The Morgan fingerprint density at radius 1 is 1.32 bits per heavy atom. The average Bonchev–Trinajstić information content (AvgIpc) is 2.95. The predicted octanol–water partition coefficient (Wildman–Crippen LogP) is 2.21. The zero-order chi connectivity index (χ0) is 13.9. The van der Waals surface area contributed by atoms with Crippen molar-refractivity contribution in [3.8, 4) is 0 Å². The monoisotopic (exact) mass is 264 g/mol. The third-order valence-electron chi connectivity index (χ3n) is 3.71. The maximum atomic E-state index is 4.43. The van der Waals surface area contributed by atoms with Gasteiger partial charge in [0, 0.05) is 30.9 Å². The van der Waals surface area contributed by atoms with Crippen LogP contribution >= 0.6 is 0 Å². The number of hydrogen-bond acceptors (Lipinski definition) is 3. The highest BCUT2D eigenvalue weighted by Gasteiger charge is 2.16. The molecule has 0 amide bonds. The van der Waals surface area contributed by atoms with Gasteiger partial charge in [-0.1, -0.05) is 0 Å². The van der Waals surface area contributed by atoms with Gasteiger partial charge in [0.25, 0.3) is 0 Å². The fourth-order valence-corrected chi connectivity index (χ4v) is 2.53. The van der Waals surface area contributed by atoms with E-state index in [4.69, 9.17) is 0 Å². The van der Waals surface area contributed by atoms with Crippen molar-refractivity contribution in [2.75, 3.05) is 19.6 Å². The Bertz CT molecular complexity index is 385. The summed E-state index contributed by atoms with van der Waals surface area (Å²) in [6.45, 7) is 13.4. The summed E-state index contributed by atoms with van der Waals surface area (Å²) in [5.74, 6) is 0. The van der Waals surface area contributed by atoms with E-state index in [1.54, 1.807) is 0 Å². The van der Waals surface area contributed by atoms with Crippen LogP contribution in [0.1, 0.15) is 46.1 Å². The maximum absolute atomic E-state index is 4.43. The summed E-state index contributed by atoms with van der Waals surface area (Å²) in [5, 5.41) is 8.03. The molecule has 4 nitrogen and oxygen atoms in total. The van der Waals surface area contributed by atoms with Crippen LogP contribution < -0.4 is 5.32 Å². The van der Waals surface area contributed by atoms with Gasteiger partial charge in [0.15, 0.2) is 0 Å². The lowest BCUT2D eigenvalue weighted by atomic mass is 10.1. The highest BCUT2D eigenvalue weighted by Crippen LogP contribution is 2.13. The lowest BCUT2D eigenvalue weighted by molar-refractivity contribution is 0.298. The first-order chi connectivity index (χ1) is 8.95. The van der Waals surface area contributed by atoms with E-state index < -0.39 is 0 Å². The van der Waals surface area contributed by atoms with Gasteiger partial charge in [0.1, 0.15) is 0 Å². The third kappa shape index (κ3) is 4.32. The molecule has 1 aliphatic heterocycles. The van der Waals surface area contributed by atoms with Gasteiger partial charge in [-0.25, -0.2) is 0 Å². The van der Waals surface area contributed by atoms with Crippen molar-refractivity contribution in [2.45, 2.75) is 58.7 Å². The van der Waals surface area contributed by atoms with Crippen molar-refractivity contribution in [1.29, 1.82) is 0 Å². The first kappa shape index (κ1) is 14.5. The smallest absolute Gasteiger partial charge is 0.0543 e. The normalized spacial score (nSPS) is 18.9. The Morgan fingerprint density at radius 2 is 2.00 bits per heavy atom. The Kier molecular flexibility index (Phi) is 4.63. The van der Waals surface area contributed by atoms with Gasteiger partial charge in [0.2, 0.25) is 0 Å². The average molecular weight is 264 g/mol. The van der Waals surface area contributed by atoms with Crippen LogP contribution in [-0.2, 0) is 12.1 Å². The van der Waals surface area contributed by atoms with E-state index in [2.05, 4.69) is 49.2 Å². The quantitative estimate of drug-likeness (QED) is 0.885. The van der Waals surface area contributed by atoms with Crippen LogP contribution in [0, 0.1) is 0 Å². The van der Waals surface area contributed by atoms with Crippen LogP contribution in [0.2, 0.25) is 0 Å². The predicted molar refractivity (Wildman–Crippen MR) is 79.2 cm³/mol. The number of likely N-dealkylation sites (tertiary alicyclic amines) is 1. The highest BCUT2D eigenvalue weighted by molar-refractivity contribution is 5.05. The Labute approximate surface area is 117 Å². The maximum Gasteiger partial charge on any atom is 0.0543 e. The zero-order valence-corrected chi connectivity index (χ0v) is 12.8. The number of rotatable bonds is 5. The largest absolute Gasteiger partial charge is 0.309 e. The second kappa shape index (κ2) is 6.06. The summed E-state index contributed by atoms with van der Waals surface area (Å²) >= 11 is 0. The van der Waals surface area contributed by atoms with E-state index in [9.17, 15) is 0 Å². The van der Waals surface area contributed by atoms with E-state index in [0.29, 0.717) is 6.04 Å². The van der Waals surface area contributed by atoms with Crippen molar-refractivity contribution >= 4 is 0 Å². The van der Waals surface area contributed by atoms with E-state index >= 15 is 0 Å². The van der Waals surface area contributed by atoms with Gasteiger partial charge in [-0.3, -0.25) is 4.68 Å². The van der Waals surface area contributed by atoms with Crippen LogP contribution in [0.15, 0.2) is 12.4 Å². The number of hydrogen-bond donors (Lipinski definition) is 1. The summed E-state index contributed by atoms with van der Waals surface area (Å²) in [6, 6.07) is 0.538. The molecule has 0 bridgehead atoms. The fourth-order valence-electron chi connectivity index (χ4n) is 2.53. The van der Waals surface area contributed by atoms with Gasteiger partial charge >= 0.3 is 0 Å². The molecule has 4 heteroatoms. The minimum absolute atomic E-state index is 0.0689.